The highest BCUT2D eigenvalue weighted by Crippen LogP contribution is 2.19. The summed E-state index contributed by atoms with van der Waals surface area (Å²) in [4.78, 5) is 23.3. The first-order valence-electron chi connectivity index (χ1n) is 6.76. The average molecular weight is 296 g/mol. The van der Waals surface area contributed by atoms with E-state index in [9.17, 15) is 14.0 Å². The molecule has 2 N–H and O–H groups in total. The lowest BCUT2D eigenvalue weighted by Crippen LogP contribution is -2.41. The van der Waals surface area contributed by atoms with Crippen LogP contribution in [0.2, 0.25) is 0 Å². The van der Waals surface area contributed by atoms with Crippen LogP contribution in [-0.2, 0) is 9.53 Å². The summed E-state index contributed by atoms with van der Waals surface area (Å²) in [6.07, 6.45) is 0.778. The summed E-state index contributed by atoms with van der Waals surface area (Å²) in [6.45, 7) is 5.66. The minimum atomic E-state index is -0.993. The summed E-state index contributed by atoms with van der Waals surface area (Å²) in [7, 11) is 1.29. The zero-order valence-electron chi connectivity index (χ0n) is 12.7. The van der Waals surface area contributed by atoms with Gasteiger partial charge in [0.2, 0.25) is 0 Å². The Labute approximate surface area is 123 Å². The summed E-state index contributed by atoms with van der Waals surface area (Å²) in [5, 5.41) is 5.48. The summed E-state index contributed by atoms with van der Waals surface area (Å²) in [5.74, 6) is -1.56. The summed E-state index contributed by atoms with van der Waals surface area (Å²) >= 11 is 0. The van der Waals surface area contributed by atoms with Crippen LogP contribution in [0.15, 0.2) is 18.2 Å². The molecule has 0 spiro atoms. The minimum Gasteiger partial charge on any atom is -0.467 e. The second-order valence-electron chi connectivity index (χ2n) is 5.19. The van der Waals surface area contributed by atoms with Gasteiger partial charge in [0.1, 0.15) is 11.4 Å². The lowest BCUT2D eigenvalue weighted by molar-refractivity contribution is -0.144. The zero-order chi connectivity index (χ0) is 16.0. The largest absolute Gasteiger partial charge is 0.467 e. The van der Waals surface area contributed by atoms with Crippen LogP contribution in [0.1, 0.15) is 37.6 Å². The van der Waals surface area contributed by atoms with E-state index in [0.29, 0.717) is 12.2 Å². The Morgan fingerprint density at radius 2 is 2.00 bits per heavy atom. The number of methoxy groups -OCH3 is 1. The number of halogens is 1. The van der Waals surface area contributed by atoms with Gasteiger partial charge >= 0.3 is 5.97 Å². The molecule has 0 unspecified atom stereocenters. The Kier molecular flexibility index (Phi) is 5.69. The Hall–Kier alpha value is -2.11. The van der Waals surface area contributed by atoms with Gasteiger partial charge in [0.15, 0.2) is 0 Å². The maximum absolute atomic E-state index is 14.0. The number of hydrogen-bond donors (Lipinski definition) is 2. The minimum absolute atomic E-state index is 0.0233. The van der Waals surface area contributed by atoms with Crippen LogP contribution in [0.3, 0.4) is 0 Å². The van der Waals surface area contributed by atoms with E-state index in [4.69, 9.17) is 0 Å². The van der Waals surface area contributed by atoms with Gasteiger partial charge in [-0.25, -0.2) is 9.18 Å². The fraction of sp³-hybridized carbons (Fsp3) is 0.467. The highest BCUT2D eigenvalue weighted by atomic mass is 19.1. The van der Waals surface area contributed by atoms with Gasteiger partial charge in [0, 0.05) is 12.2 Å². The zero-order valence-corrected chi connectivity index (χ0v) is 12.7. The first kappa shape index (κ1) is 16.9. The molecular formula is C15H21FN2O3. The number of carbonyl (C=O) groups is 2. The Balaban J connectivity index is 2.88. The summed E-state index contributed by atoms with van der Waals surface area (Å²) < 4.78 is 18.6. The molecule has 0 aromatic heterocycles. The Bertz CT molecular complexity index is 530. The van der Waals surface area contributed by atoms with Crippen LogP contribution in [0, 0.1) is 5.82 Å². The van der Waals surface area contributed by atoms with E-state index in [1.165, 1.54) is 19.2 Å². The van der Waals surface area contributed by atoms with Crippen LogP contribution in [0.4, 0.5) is 10.1 Å². The van der Waals surface area contributed by atoms with Crippen molar-refractivity contribution >= 4 is 17.6 Å². The maximum Gasteiger partial charge on any atom is 0.330 e. The van der Waals surface area contributed by atoms with Crippen molar-refractivity contribution < 1.29 is 18.7 Å². The van der Waals surface area contributed by atoms with Crippen molar-refractivity contribution in [1.29, 1.82) is 0 Å². The van der Waals surface area contributed by atoms with E-state index in [1.807, 2.05) is 6.92 Å². The highest BCUT2D eigenvalue weighted by molar-refractivity contribution is 5.95. The smallest absolute Gasteiger partial charge is 0.330 e. The molecule has 0 aliphatic heterocycles. The predicted molar refractivity (Wildman–Crippen MR) is 78.7 cm³/mol. The number of hydrogen-bond acceptors (Lipinski definition) is 4. The fourth-order valence-electron chi connectivity index (χ4n) is 1.78. The van der Waals surface area contributed by atoms with E-state index < -0.39 is 23.2 Å². The van der Waals surface area contributed by atoms with E-state index in [2.05, 4.69) is 15.4 Å². The molecule has 5 nitrogen and oxygen atoms in total. The maximum atomic E-state index is 14.0. The SMILES string of the molecule is CCCNC(=O)c1ccc(NC(C)(C)C(=O)OC)cc1F. The van der Waals surface area contributed by atoms with Gasteiger partial charge in [-0.1, -0.05) is 6.92 Å². The van der Waals surface area contributed by atoms with Crippen LogP contribution in [0.5, 0.6) is 0 Å². The molecule has 6 heteroatoms. The molecule has 0 bridgehead atoms. The molecule has 116 valence electrons. The van der Waals surface area contributed by atoms with Crippen LogP contribution in [-0.4, -0.2) is 31.1 Å². The van der Waals surface area contributed by atoms with Crippen molar-refractivity contribution in [3.63, 3.8) is 0 Å². The normalized spacial score (nSPS) is 10.9. The van der Waals surface area contributed by atoms with Gasteiger partial charge in [0.05, 0.1) is 12.7 Å². The molecular weight excluding hydrogens is 275 g/mol. The van der Waals surface area contributed by atoms with E-state index in [0.717, 1.165) is 6.42 Å². The number of amides is 1. The summed E-state index contributed by atoms with van der Waals surface area (Å²) in [5.41, 5.74) is -0.618. The van der Waals surface area contributed by atoms with Crippen LogP contribution < -0.4 is 10.6 Å². The van der Waals surface area contributed by atoms with E-state index in [1.54, 1.807) is 19.9 Å². The van der Waals surface area contributed by atoms with Gasteiger partial charge in [-0.05, 0) is 38.5 Å². The second-order valence-corrected chi connectivity index (χ2v) is 5.19. The molecule has 0 saturated heterocycles. The van der Waals surface area contributed by atoms with Gasteiger partial charge in [-0.2, -0.15) is 0 Å². The second kappa shape index (κ2) is 7.06. The van der Waals surface area contributed by atoms with Crippen molar-refractivity contribution in [3.8, 4) is 0 Å². The predicted octanol–water partition coefficient (Wildman–Crippen LogP) is 2.33. The van der Waals surface area contributed by atoms with Gasteiger partial charge in [-0.15, -0.1) is 0 Å². The Morgan fingerprint density at radius 1 is 1.33 bits per heavy atom. The molecule has 0 atom stereocenters. The molecule has 0 radical (unpaired) electrons. The molecule has 1 rings (SSSR count). The number of ether oxygens (including phenoxy) is 1. The van der Waals surface area contributed by atoms with E-state index >= 15 is 0 Å². The number of nitrogens with one attached hydrogen (secondary N) is 2. The first-order valence-corrected chi connectivity index (χ1v) is 6.76. The standard InChI is InChI=1S/C15H21FN2O3/c1-5-8-17-13(19)11-7-6-10(9-12(11)16)18-15(2,3)14(20)21-4/h6-7,9,18H,5,8H2,1-4H3,(H,17,19). The number of rotatable bonds is 6. The van der Waals surface area contributed by atoms with Gasteiger partial charge < -0.3 is 15.4 Å². The van der Waals surface area contributed by atoms with Gasteiger partial charge in [-0.3, -0.25) is 4.79 Å². The summed E-state index contributed by atoms with van der Waals surface area (Å²) in [6, 6.07) is 4.12. The number of benzene rings is 1. The lowest BCUT2D eigenvalue weighted by atomic mass is 10.0. The lowest BCUT2D eigenvalue weighted by Gasteiger charge is -2.24. The molecule has 21 heavy (non-hydrogen) atoms. The molecule has 1 amide bonds. The average Bonchev–Trinajstić information content (AvgIpc) is 2.43. The highest BCUT2D eigenvalue weighted by Gasteiger charge is 2.28. The molecule has 0 aliphatic rings. The van der Waals surface area contributed by atoms with Crippen molar-refractivity contribution in [2.75, 3.05) is 19.0 Å². The number of anilines is 1. The third-order valence-corrected chi connectivity index (χ3v) is 2.90. The van der Waals surface area contributed by atoms with Crippen molar-refractivity contribution in [2.24, 2.45) is 0 Å². The van der Waals surface area contributed by atoms with Crippen molar-refractivity contribution in [2.45, 2.75) is 32.7 Å². The van der Waals surface area contributed by atoms with Crippen LogP contribution in [0.25, 0.3) is 0 Å². The molecule has 0 fully saturated rings. The van der Waals surface area contributed by atoms with Crippen molar-refractivity contribution in [1.82, 2.24) is 5.32 Å². The van der Waals surface area contributed by atoms with Crippen molar-refractivity contribution in [3.05, 3.63) is 29.6 Å². The molecule has 0 aliphatic carbocycles. The topological polar surface area (TPSA) is 67.4 Å². The van der Waals surface area contributed by atoms with Gasteiger partial charge in [0.25, 0.3) is 5.91 Å². The molecule has 1 aromatic rings. The molecule has 1 aromatic carbocycles. The molecule has 0 heterocycles. The monoisotopic (exact) mass is 296 g/mol. The van der Waals surface area contributed by atoms with Crippen LogP contribution >= 0.6 is 0 Å². The fourth-order valence-corrected chi connectivity index (χ4v) is 1.78. The Morgan fingerprint density at radius 3 is 2.52 bits per heavy atom. The molecule has 0 saturated carbocycles. The third kappa shape index (κ3) is 4.44. The first-order chi connectivity index (χ1) is 9.81. The number of carbonyl (C=O) groups excluding carboxylic acids is 2. The third-order valence-electron chi connectivity index (χ3n) is 2.90. The quantitative estimate of drug-likeness (QED) is 0.791. The van der Waals surface area contributed by atoms with E-state index in [-0.39, 0.29) is 5.56 Å². The number of esters is 1.